The first-order valence-corrected chi connectivity index (χ1v) is 13.6. The minimum absolute atomic E-state index is 0.328. The fourth-order valence-electron chi connectivity index (χ4n) is 4.09. The van der Waals surface area contributed by atoms with Gasteiger partial charge in [-0.15, -0.1) is 0 Å². The van der Waals surface area contributed by atoms with E-state index in [1.807, 2.05) is 48.5 Å². The van der Waals surface area contributed by atoms with E-state index in [1.165, 1.54) is 6.07 Å². The van der Waals surface area contributed by atoms with Crippen molar-refractivity contribution in [2.24, 2.45) is 0 Å². The third kappa shape index (κ3) is 4.32. The van der Waals surface area contributed by atoms with Crippen LogP contribution in [0.4, 0.5) is 13.2 Å². The molecule has 0 fully saturated rings. The fourth-order valence-corrected chi connectivity index (χ4v) is 6.53. The third-order valence-electron chi connectivity index (χ3n) is 5.63. The molecule has 172 valence electrons. The lowest BCUT2D eigenvalue weighted by atomic mass is 9.93. The smallest absolute Gasteiger partial charge is 0.375 e. The van der Waals surface area contributed by atoms with Crippen LogP contribution in [0.2, 0.25) is 0 Å². The lowest BCUT2D eigenvalue weighted by Gasteiger charge is -2.23. The summed E-state index contributed by atoms with van der Waals surface area (Å²) in [5.74, 6) is -0.328. The van der Waals surface area contributed by atoms with Gasteiger partial charge in [0.05, 0.1) is 0 Å². The maximum Gasteiger partial charge on any atom is 0.534 e. The molecular weight excluding hydrogens is 468 g/mol. The van der Waals surface area contributed by atoms with Crippen LogP contribution in [-0.4, -0.2) is 26.2 Å². The van der Waals surface area contributed by atoms with Crippen LogP contribution in [0.25, 0.3) is 32.7 Å². The Morgan fingerprint density at radius 2 is 1.27 bits per heavy atom. The summed E-state index contributed by atoms with van der Waals surface area (Å²) in [6.07, 6.45) is 1.78. The van der Waals surface area contributed by atoms with Crippen molar-refractivity contribution in [3.05, 3.63) is 72.8 Å². The minimum atomic E-state index is -5.84. The average Bonchev–Trinajstić information content (AvgIpc) is 2.79. The van der Waals surface area contributed by atoms with Gasteiger partial charge < -0.3 is 4.18 Å². The molecule has 4 rings (SSSR count). The van der Waals surface area contributed by atoms with Crippen molar-refractivity contribution in [1.29, 1.82) is 0 Å². The topological polar surface area (TPSA) is 43.4 Å². The summed E-state index contributed by atoms with van der Waals surface area (Å²) in [4.78, 5) is 0. The fraction of sp³-hybridized carbons (Fsp3) is 0.200. The van der Waals surface area contributed by atoms with E-state index in [4.69, 9.17) is 4.18 Å². The van der Waals surface area contributed by atoms with Crippen LogP contribution < -0.4 is 9.49 Å². The normalized spacial score (nSPS) is 12.5. The maximum absolute atomic E-state index is 13.2. The van der Waals surface area contributed by atoms with Crippen LogP contribution in [0.15, 0.2) is 72.8 Å². The Bertz CT molecular complexity index is 1430. The Balaban J connectivity index is 2.15. The Kier molecular flexibility index (Phi) is 6.39. The van der Waals surface area contributed by atoms with Crippen molar-refractivity contribution in [3.63, 3.8) is 0 Å². The molecule has 0 aromatic heterocycles. The van der Waals surface area contributed by atoms with Gasteiger partial charge in [0.1, 0.15) is 0 Å². The zero-order valence-corrected chi connectivity index (χ0v) is 19.8. The lowest BCUT2D eigenvalue weighted by Crippen LogP contribution is -2.28. The molecule has 0 atom stereocenters. The summed E-state index contributed by atoms with van der Waals surface area (Å²) < 4.78 is 68.4. The Labute approximate surface area is 192 Å². The second kappa shape index (κ2) is 8.96. The molecule has 33 heavy (non-hydrogen) atoms. The second-order valence-electron chi connectivity index (χ2n) is 7.50. The van der Waals surface area contributed by atoms with Gasteiger partial charge in [0.2, 0.25) is 0 Å². The second-order valence-corrected chi connectivity index (χ2v) is 11.9. The first-order valence-electron chi connectivity index (χ1n) is 10.5. The van der Waals surface area contributed by atoms with Crippen molar-refractivity contribution in [2.45, 2.75) is 19.4 Å². The maximum atomic E-state index is 13.2. The van der Waals surface area contributed by atoms with Gasteiger partial charge in [-0.25, -0.2) is 0 Å². The van der Waals surface area contributed by atoms with Gasteiger partial charge >= 0.3 is 15.6 Å². The van der Waals surface area contributed by atoms with Gasteiger partial charge in [0.15, 0.2) is 5.75 Å². The molecular formula is C25H22F3O3PS. The summed E-state index contributed by atoms with van der Waals surface area (Å²) in [6, 6.07) is 21.7. The lowest BCUT2D eigenvalue weighted by molar-refractivity contribution is -0.0499. The molecule has 0 amide bonds. The van der Waals surface area contributed by atoms with Crippen LogP contribution >= 0.6 is 7.92 Å². The number of fused-ring (bicyclic) bond motifs is 2. The molecule has 0 spiro atoms. The number of alkyl halides is 3. The summed E-state index contributed by atoms with van der Waals surface area (Å²) in [5.41, 5.74) is -4.44. The Morgan fingerprint density at radius 1 is 0.758 bits per heavy atom. The molecule has 0 aliphatic rings. The Hall–Kier alpha value is -2.63. The summed E-state index contributed by atoms with van der Waals surface area (Å²) >= 11 is 0. The molecule has 0 saturated heterocycles. The van der Waals surface area contributed by atoms with Crippen molar-refractivity contribution in [1.82, 2.24) is 0 Å². The van der Waals surface area contributed by atoms with E-state index in [-0.39, 0.29) is 5.75 Å². The molecule has 3 nitrogen and oxygen atoms in total. The molecule has 0 N–H and O–H groups in total. The highest BCUT2D eigenvalue weighted by Gasteiger charge is 2.49. The highest BCUT2D eigenvalue weighted by molar-refractivity contribution is 7.88. The van der Waals surface area contributed by atoms with Crippen molar-refractivity contribution in [2.75, 3.05) is 12.3 Å². The van der Waals surface area contributed by atoms with E-state index in [1.54, 1.807) is 18.2 Å². The van der Waals surface area contributed by atoms with Gasteiger partial charge in [-0.3, -0.25) is 0 Å². The predicted octanol–water partition coefficient (Wildman–Crippen LogP) is 7.04. The summed E-state index contributed by atoms with van der Waals surface area (Å²) in [5, 5.41) is 4.18. The van der Waals surface area contributed by atoms with Gasteiger partial charge in [-0.05, 0) is 45.2 Å². The highest BCUT2D eigenvalue weighted by atomic mass is 32.2. The van der Waals surface area contributed by atoms with Crippen molar-refractivity contribution >= 4 is 44.9 Å². The molecule has 4 aromatic rings. The quantitative estimate of drug-likeness (QED) is 0.166. The first-order chi connectivity index (χ1) is 15.7. The zero-order valence-electron chi connectivity index (χ0n) is 18.1. The molecule has 0 radical (unpaired) electrons. The molecule has 0 bridgehead atoms. The van der Waals surface area contributed by atoms with Crippen LogP contribution in [0.1, 0.15) is 13.8 Å². The number of halogens is 3. The molecule has 4 aromatic carbocycles. The Morgan fingerprint density at radius 3 is 1.82 bits per heavy atom. The molecule has 8 heteroatoms. The molecule has 0 aliphatic carbocycles. The van der Waals surface area contributed by atoms with E-state index in [9.17, 15) is 21.6 Å². The molecule has 0 unspecified atom stereocenters. The summed E-state index contributed by atoms with van der Waals surface area (Å²) in [7, 11) is -6.46. The predicted molar refractivity (Wildman–Crippen MR) is 130 cm³/mol. The van der Waals surface area contributed by atoms with Crippen molar-refractivity contribution < 1.29 is 25.8 Å². The average molecular weight is 490 g/mol. The highest BCUT2D eigenvalue weighted by Crippen LogP contribution is 2.46. The zero-order chi connectivity index (χ0) is 23.8. The third-order valence-corrected chi connectivity index (χ3v) is 9.18. The van der Waals surface area contributed by atoms with Gasteiger partial charge in [-0.1, -0.05) is 88.5 Å². The van der Waals surface area contributed by atoms with Gasteiger partial charge in [-0.2, -0.15) is 21.6 Å². The van der Waals surface area contributed by atoms with E-state index in [2.05, 4.69) is 13.8 Å². The number of benzene rings is 4. The molecule has 0 aliphatic heterocycles. The largest absolute Gasteiger partial charge is 0.534 e. The minimum Gasteiger partial charge on any atom is -0.375 e. The number of rotatable bonds is 6. The SMILES string of the molecule is CCP(CC)c1ccc2ccccc2c1-c1c(OS(=O)(=O)C(F)(F)F)ccc2ccccc12. The number of hydrogen-bond acceptors (Lipinski definition) is 3. The van der Waals surface area contributed by atoms with Crippen LogP contribution in [0.5, 0.6) is 5.75 Å². The van der Waals surface area contributed by atoms with E-state index in [0.29, 0.717) is 10.9 Å². The molecule has 0 saturated carbocycles. The van der Waals surface area contributed by atoms with E-state index >= 15 is 0 Å². The van der Waals surface area contributed by atoms with Crippen LogP contribution in [-0.2, 0) is 10.1 Å². The van der Waals surface area contributed by atoms with Gasteiger partial charge in [0.25, 0.3) is 0 Å². The molecule has 0 heterocycles. The van der Waals surface area contributed by atoms with Crippen LogP contribution in [0.3, 0.4) is 0 Å². The van der Waals surface area contributed by atoms with Crippen LogP contribution in [0, 0.1) is 0 Å². The van der Waals surface area contributed by atoms with E-state index < -0.39 is 23.5 Å². The van der Waals surface area contributed by atoms with Crippen molar-refractivity contribution in [3.8, 4) is 16.9 Å². The standard InChI is InChI=1S/C25H22F3O3PS/c1-3-32(4-2)22-16-14-18-10-6-8-12-20(18)24(22)23-19-11-7-5-9-17(19)13-15-21(23)31-33(29,30)25(26,27)28/h5-16H,3-4H2,1-2H3. The first kappa shape index (κ1) is 23.5. The number of hydrogen-bond donors (Lipinski definition) is 0. The van der Waals surface area contributed by atoms with E-state index in [0.717, 1.165) is 39.4 Å². The summed E-state index contributed by atoms with van der Waals surface area (Å²) in [6.45, 7) is 4.17. The monoisotopic (exact) mass is 490 g/mol. The van der Waals surface area contributed by atoms with Gasteiger partial charge in [0, 0.05) is 11.1 Å².